The number of aliphatic imine (C=N–C) groups is 1. The van der Waals surface area contributed by atoms with Crippen molar-refractivity contribution in [2.45, 2.75) is 6.54 Å². The summed E-state index contributed by atoms with van der Waals surface area (Å²) in [4.78, 5) is 4.29. The second-order valence-corrected chi connectivity index (χ2v) is 4.44. The third-order valence-corrected chi connectivity index (χ3v) is 2.91. The summed E-state index contributed by atoms with van der Waals surface area (Å²) in [6, 6.07) is 19.8. The van der Waals surface area contributed by atoms with Gasteiger partial charge in [0.05, 0.1) is 0 Å². The van der Waals surface area contributed by atoms with Gasteiger partial charge in [0.15, 0.2) is 0 Å². The van der Waals surface area contributed by atoms with Crippen LogP contribution in [0.1, 0.15) is 11.1 Å². The van der Waals surface area contributed by atoms with Gasteiger partial charge in [-0.2, -0.15) is 0 Å². The van der Waals surface area contributed by atoms with Gasteiger partial charge in [-0.05, 0) is 21.4 Å². The predicted molar refractivity (Wildman–Crippen MR) is 81.8 cm³/mol. The highest BCUT2D eigenvalue weighted by Gasteiger charge is 2.07. The van der Waals surface area contributed by atoms with E-state index in [1.54, 1.807) is 6.21 Å². The molecule has 0 fully saturated rings. The number of anilines is 1. The fourth-order valence-electron chi connectivity index (χ4n) is 1.84. The van der Waals surface area contributed by atoms with E-state index in [1.165, 1.54) is 0 Å². The zero-order chi connectivity index (χ0) is 14.3. The Hall–Kier alpha value is -2.95. The summed E-state index contributed by atoms with van der Waals surface area (Å²) in [5.41, 5.74) is 2.15. The summed E-state index contributed by atoms with van der Waals surface area (Å²) in [7, 11) is 0. The Morgan fingerprint density at radius 2 is 1.67 bits per heavy atom. The molecule has 0 amide bonds. The van der Waals surface area contributed by atoms with Crippen molar-refractivity contribution in [2.75, 3.05) is 5.32 Å². The summed E-state index contributed by atoms with van der Waals surface area (Å²) in [5.74, 6) is 0.973. The Kier molecular flexibility index (Phi) is 4.02. The van der Waals surface area contributed by atoms with Gasteiger partial charge in [0, 0.05) is 12.8 Å². The van der Waals surface area contributed by atoms with Crippen LogP contribution in [0.2, 0.25) is 0 Å². The fourth-order valence-corrected chi connectivity index (χ4v) is 1.84. The van der Waals surface area contributed by atoms with Crippen molar-refractivity contribution >= 4 is 17.9 Å². The van der Waals surface area contributed by atoms with Crippen LogP contribution in [0.5, 0.6) is 0 Å². The number of nitrogens with one attached hydrogen (secondary N) is 1. The van der Waals surface area contributed by atoms with Gasteiger partial charge in [0.1, 0.15) is 0 Å². The van der Waals surface area contributed by atoms with Gasteiger partial charge in [-0.25, -0.2) is 9.62 Å². The van der Waals surface area contributed by atoms with Crippen LogP contribution < -0.4 is 5.32 Å². The van der Waals surface area contributed by atoms with E-state index in [-0.39, 0.29) is 0 Å². The molecule has 1 heterocycles. The van der Waals surface area contributed by atoms with Gasteiger partial charge < -0.3 is 5.32 Å². The number of aromatic nitrogens is 2. The summed E-state index contributed by atoms with van der Waals surface area (Å²) >= 11 is 0. The second-order valence-electron chi connectivity index (χ2n) is 4.44. The van der Waals surface area contributed by atoms with E-state index in [1.807, 2.05) is 60.7 Å². The van der Waals surface area contributed by atoms with Gasteiger partial charge in [-0.1, -0.05) is 60.7 Å². The monoisotopic (exact) mass is 278 g/mol. The zero-order valence-electron chi connectivity index (χ0n) is 11.3. The van der Waals surface area contributed by atoms with Crippen LogP contribution in [0.4, 0.5) is 11.6 Å². The lowest BCUT2D eigenvalue weighted by molar-refractivity contribution is 0.310. The molecule has 0 bridgehead atoms. The van der Waals surface area contributed by atoms with Gasteiger partial charge in [0.2, 0.25) is 11.6 Å². The zero-order valence-corrected chi connectivity index (χ0v) is 11.3. The van der Waals surface area contributed by atoms with Crippen molar-refractivity contribution in [3.63, 3.8) is 0 Å². The van der Waals surface area contributed by atoms with E-state index in [4.69, 9.17) is 4.63 Å². The Bertz CT molecular complexity index is 707. The maximum absolute atomic E-state index is 4.75. The van der Waals surface area contributed by atoms with Crippen molar-refractivity contribution in [3.05, 3.63) is 71.8 Å². The molecule has 0 radical (unpaired) electrons. The first-order valence-corrected chi connectivity index (χ1v) is 6.61. The molecule has 104 valence electrons. The van der Waals surface area contributed by atoms with Crippen molar-refractivity contribution in [1.29, 1.82) is 0 Å². The lowest BCUT2D eigenvalue weighted by Crippen LogP contribution is -1.99. The van der Waals surface area contributed by atoms with Gasteiger partial charge in [-0.15, -0.1) is 0 Å². The number of rotatable bonds is 5. The molecule has 0 aliphatic carbocycles. The molecule has 5 nitrogen and oxygen atoms in total. The van der Waals surface area contributed by atoms with E-state index in [9.17, 15) is 0 Å². The Balaban J connectivity index is 1.68. The van der Waals surface area contributed by atoms with Crippen molar-refractivity contribution in [1.82, 2.24) is 10.3 Å². The first kappa shape index (κ1) is 13.1. The first-order valence-electron chi connectivity index (χ1n) is 6.61. The van der Waals surface area contributed by atoms with E-state index in [2.05, 4.69) is 20.6 Å². The molecule has 1 N–H and O–H groups in total. The Morgan fingerprint density at radius 1 is 0.952 bits per heavy atom. The quantitative estimate of drug-likeness (QED) is 0.726. The molecule has 0 saturated heterocycles. The minimum atomic E-state index is 0.440. The maximum atomic E-state index is 4.75. The minimum Gasteiger partial charge on any atom is -0.360 e. The second kappa shape index (κ2) is 6.47. The summed E-state index contributed by atoms with van der Waals surface area (Å²) in [6.45, 7) is 0.642. The van der Waals surface area contributed by atoms with Gasteiger partial charge in [-0.3, -0.25) is 0 Å². The maximum Gasteiger partial charge on any atom is 0.240 e. The Morgan fingerprint density at radius 3 is 2.43 bits per heavy atom. The molecule has 0 aliphatic heterocycles. The standard InChI is InChI=1S/C16H14N4O/c1-3-7-13(8-4-1)11-17-15-16(20-21-19-15)18-12-14-9-5-2-6-10-14/h1-11H,12H2,(H,18,20). The molecule has 0 atom stereocenters. The van der Waals surface area contributed by atoms with E-state index < -0.39 is 0 Å². The Labute approximate surface area is 122 Å². The molecule has 3 aromatic rings. The SMILES string of the molecule is C(=Nc1nonc1NCc1ccccc1)c1ccccc1. The van der Waals surface area contributed by atoms with Crippen molar-refractivity contribution < 1.29 is 4.63 Å². The highest BCUT2D eigenvalue weighted by Crippen LogP contribution is 2.19. The molecule has 0 aliphatic rings. The van der Waals surface area contributed by atoms with Crippen LogP contribution in [-0.4, -0.2) is 16.5 Å². The molecule has 5 heteroatoms. The van der Waals surface area contributed by atoms with E-state index in [0.29, 0.717) is 18.2 Å². The number of nitrogens with zero attached hydrogens (tertiary/aromatic N) is 3. The number of hydrogen-bond donors (Lipinski definition) is 1. The average Bonchev–Trinajstić information content (AvgIpc) is 3.00. The largest absolute Gasteiger partial charge is 0.360 e. The molecule has 21 heavy (non-hydrogen) atoms. The molecular formula is C16H14N4O. The first-order chi connectivity index (χ1) is 10.4. The summed E-state index contributed by atoms with van der Waals surface area (Å²) in [5, 5.41) is 10.8. The highest BCUT2D eigenvalue weighted by atomic mass is 16.6. The molecule has 3 rings (SSSR count). The summed E-state index contributed by atoms with van der Waals surface area (Å²) < 4.78 is 4.75. The molecular weight excluding hydrogens is 264 g/mol. The molecule has 1 aromatic heterocycles. The van der Waals surface area contributed by atoms with Crippen molar-refractivity contribution in [2.24, 2.45) is 4.99 Å². The van der Waals surface area contributed by atoms with Crippen LogP contribution in [0.3, 0.4) is 0 Å². The van der Waals surface area contributed by atoms with Crippen LogP contribution in [0.15, 0.2) is 70.3 Å². The van der Waals surface area contributed by atoms with E-state index in [0.717, 1.165) is 11.1 Å². The normalized spacial score (nSPS) is 10.9. The number of hydrogen-bond acceptors (Lipinski definition) is 5. The topological polar surface area (TPSA) is 63.3 Å². The minimum absolute atomic E-state index is 0.440. The van der Waals surface area contributed by atoms with Crippen LogP contribution in [-0.2, 0) is 6.54 Å². The van der Waals surface area contributed by atoms with Crippen LogP contribution in [0, 0.1) is 0 Å². The van der Waals surface area contributed by atoms with Crippen molar-refractivity contribution in [3.8, 4) is 0 Å². The lowest BCUT2D eigenvalue weighted by Gasteiger charge is -2.01. The average molecular weight is 278 g/mol. The molecule has 0 unspecified atom stereocenters. The smallest absolute Gasteiger partial charge is 0.240 e. The molecule has 0 spiro atoms. The van der Waals surface area contributed by atoms with Crippen LogP contribution >= 0.6 is 0 Å². The highest BCUT2D eigenvalue weighted by molar-refractivity contribution is 5.82. The number of benzene rings is 2. The molecule has 0 saturated carbocycles. The third kappa shape index (κ3) is 3.54. The van der Waals surface area contributed by atoms with Crippen LogP contribution in [0.25, 0.3) is 0 Å². The molecule has 2 aromatic carbocycles. The fraction of sp³-hybridized carbons (Fsp3) is 0.0625. The predicted octanol–water partition coefficient (Wildman–Crippen LogP) is 3.43. The lowest BCUT2D eigenvalue weighted by atomic mass is 10.2. The van der Waals surface area contributed by atoms with Gasteiger partial charge in [0.25, 0.3) is 0 Å². The third-order valence-electron chi connectivity index (χ3n) is 2.91. The van der Waals surface area contributed by atoms with Gasteiger partial charge >= 0.3 is 0 Å². The van der Waals surface area contributed by atoms with E-state index >= 15 is 0 Å². The summed E-state index contributed by atoms with van der Waals surface area (Å²) in [6.07, 6.45) is 1.73.